The van der Waals surface area contributed by atoms with Gasteiger partial charge in [-0.05, 0) is 32.8 Å². The van der Waals surface area contributed by atoms with E-state index in [0.717, 1.165) is 19.4 Å². The standard InChI is InChI=1S/C14H21N3O3/c1-3-20-13(18)10-7-12(16-8-11(10)15)17-6-4-5-14(2,19)9-17/h7-8,19H,3-6,9,15H2,1-2H3. The maximum Gasteiger partial charge on any atom is 0.340 e. The van der Waals surface area contributed by atoms with Gasteiger partial charge in [0, 0.05) is 13.1 Å². The van der Waals surface area contributed by atoms with Crippen LogP contribution in [0.3, 0.4) is 0 Å². The van der Waals surface area contributed by atoms with Crippen molar-refractivity contribution in [2.45, 2.75) is 32.3 Å². The van der Waals surface area contributed by atoms with Crippen LogP contribution in [0.4, 0.5) is 11.5 Å². The second-order valence-electron chi connectivity index (χ2n) is 5.37. The van der Waals surface area contributed by atoms with Crippen LogP contribution < -0.4 is 10.6 Å². The molecule has 1 fully saturated rings. The summed E-state index contributed by atoms with van der Waals surface area (Å²) in [6, 6.07) is 1.63. The Morgan fingerprint density at radius 2 is 2.40 bits per heavy atom. The number of anilines is 2. The van der Waals surface area contributed by atoms with Gasteiger partial charge in [-0.3, -0.25) is 0 Å². The van der Waals surface area contributed by atoms with Gasteiger partial charge in [0.2, 0.25) is 0 Å². The van der Waals surface area contributed by atoms with E-state index >= 15 is 0 Å². The Labute approximate surface area is 118 Å². The normalized spacial score (nSPS) is 22.6. The van der Waals surface area contributed by atoms with Crippen molar-refractivity contribution in [1.29, 1.82) is 0 Å². The molecule has 1 atom stereocenters. The number of aliphatic hydroxyl groups is 1. The number of carbonyl (C=O) groups is 1. The number of pyridine rings is 1. The van der Waals surface area contributed by atoms with Crippen LogP contribution in [-0.4, -0.2) is 41.4 Å². The minimum absolute atomic E-state index is 0.300. The van der Waals surface area contributed by atoms with Crippen molar-refractivity contribution in [2.24, 2.45) is 0 Å². The molecule has 1 aliphatic rings. The fourth-order valence-corrected chi connectivity index (χ4v) is 2.43. The van der Waals surface area contributed by atoms with Crippen LogP contribution in [0.15, 0.2) is 12.3 Å². The van der Waals surface area contributed by atoms with Crippen molar-refractivity contribution in [2.75, 3.05) is 30.3 Å². The van der Waals surface area contributed by atoms with Gasteiger partial charge in [0.1, 0.15) is 5.82 Å². The van der Waals surface area contributed by atoms with Crippen LogP contribution >= 0.6 is 0 Å². The van der Waals surface area contributed by atoms with E-state index in [-0.39, 0.29) is 0 Å². The number of nitrogens with zero attached hydrogens (tertiary/aromatic N) is 2. The molecule has 1 unspecified atom stereocenters. The maximum atomic E-state index is 11.8. The molecular weight excluding hydrogens is 258 g/mol. The zero-order valence-electron chi connectivity index (χ0n) is 11.9. The lowest BCUT2D eigenvalue weighted by Crippen LogP contribution is -2.46. The van der Waals surface area contributed by atoms with E-state index in [1.165, 1.54) is 6.20 Å². The summed E-state index contributed by atoms with van der Waals surface area (Å²) in [5.74, 6) is 0.194. The Balaban J connectivity index is 2.25. The fourth-order valence-electron chi connectivity index (χ4n) is 2.43. The Morgan fingerprint density at radius 1 is 1.65 bits per heavy atom. The predicted octanol–water partition coefficient (Wildman–Crippen LogP) is 1.19. The van der Waals surface area contributed by atoms with Crippen LogP contribution in [0, 0.1) is 0 Å². The molecule has 20 heavy (non-hydrogen) atoms. The van der Waals surface area contributed by atoms with E-state index in [0.29, 0.717) is 30.2 Å². The smallest absolute Gasteiger partial charge is 0.340 e. The molecule has 0 radical (unpaired) electrons. The molecule has 0 amide bonds. The van der Waals surface area contributed by atoms with Crippen molar-refractivity contribution >= 4 is 17.5 Å². The SMILES string of the molecule is CCOC(=O)c1cc(N2CCCC(C)(O)C2)ncc1N. The highest BCUT2D eigenvalue weighted by Gasteiger charge is 2.29. The summed E-state index contributed by atoms with van der Waals surface area (Å²) in [6.45, 7) is 5.15. The number of β-amino-alcohol motifs (C(OH)–C–C–N with tert-alkyl or cyclic N) is 1. The van der Waals surface area contributed by atoms with Crippen molar-refractivity contribution in [1.82, 2.24) is 4.98 Å². The second kappa shape index (κ2) is 5.66. The molecule has 2 rings (SSSR count). The van der Waals surface area contributed by atoms with Gasteiger partial charge in [-0.15, -0.1) is 0 Å². The highest BCUT2D eigenvalue weighted by Crippen LogP contribution is 2.26. The number of nitrogen functional groups attached to an aromatic ring is 1. The van der Waals surface area contributed by atoms with Crippen LogP contribution in [-0.2, 0) is 4.74 Å². The van der Waals surface area contributed by atoms with Gasteiger partial charge >= 0.3 is 5.97 Å². The van der Waals surface area contributed by atoms with E-state index in [1.807, 2.05) is 11.8 Å². The molecular formula is C14H21N3O3. The molecule has 3 N–H and O–H groups in total. The molecule has 1 aromatic heterocycles. The number of esters is 1. The number of piperidine rings is 1. The number of hydrogen-bond acceptors (Lipinski definition) is 6. The zero-order chi connectivity index (χ0) is 14.8. The molecule has 0 saturated carbocycles. The van der Waals surface area contributed by atoms with Gasteiger partial charge in [-0.25, -0.2) is 9.78 Å². The molecule has 1 saturated heterocycles. The lowest BCUT2D eigenvalue weighted by Gasteiger charge is -2.37. The average molecular weight is 279 g/mol. The van der Waals surface area contributed by atoms with Crippen molar-refractivity contribution < 1.29 is 14.6 Å². The molecule has 0 aliphatic carbocycles. The topological polar surface area (TPSA) is 88.7 Å². The zero-order valence-corrected chi connectivity index (χ0v) is 11.9. The first-order chi connectivity index (χ1) is 9.43. The van der Waals surface area contributed by atoms with Gasteiger partial charge in [0.15, 0.2) is 0 Å². The number of ether oxygens (including phenoxy) is 1. The molecule has 110 valence electrons. The third-order valence-corrected chi connectivity index (χ3v) is 3.41. The number of rotatable bonds is 3. The largest absolute Gasteiger partial charge is 0.462 e. The van der Waals surface area contributed by atoms with Gasteiger partial charge in [-0.1, -0.05) is 0 Å². The summed E-state index contributed by atoms with van der Waals surface area (Å²) in [7, 11) is 0. The molecule has 0 spiro atoms. The Hall–Kier alpha value is -1.82. The average Bonchev–Trinajstić information content (AvgIpc) is 2.38. The van der Waals surface area contributed by atoms with Crippen LogP contribution in [0.25, 0.3) is 0 Å². The first-order valence-electron chi connectivity index (χ1n) is 6.83. The van der Waals surface area contributed by atoms with Gasteiger partial charge in [0.25, 0.3) is 0 Å². The third kappa shape index (κ3) is 3.19. The molecule has 1 aromatic rings. The third-order valence-electron chi connectivity index (χ3n) is 3.41. The van der Waals surface area contributed by atoms with Crippen LogP contribution in [0.1, 0.15) is 37.0 Å². The van der Waals surface area contributed by atoms with Crippen molar-refractivity contribution in [3.05, 3.63) is 17.8 Å². The lowest BCUT2D eigenvalue weighted by molar-refractivity contribution is 0.0447. The molecule has 6 heteroatoms. The van der Waals surface area contributed by atoms with Crippen LogP contribution in [0.5, 0.6) is 0 Å². The monoisotopic (exact) mass is 279 g/mol. The Kier molecular flexibility index (Phi) is 4.13. The van der Waals surface area contributed by atoms with E-state index in [4.69, 9.17) is 10.5 Å². The number of nitrogens with two attached hydrogens (primary N) is 1. The number of carbonyl (C=O) groups excluding carboxylic acids is 1. The molecule has 0 bridgehead atoms. The van der Waals surface area contributed by atoms with Gasteiger partial charge in [0.05, 0.1) is 29.7 Å². The van der Waals surface area contributed by atoms with Gasteiger partial charge < -0.3 is 20.5 Å². The van der Waals surface area contributed by atoms with E-state index < -0.39 is 11.6 Å². The molecule has 0 aromatic carbocycles. The number of aromatic nitrogens is 1. The quantitative estimate of drug-likeness (QED) is 0.808. The maximum absolute atomic E-state index is 11.8. The van der Waals surface area contributed by atoms with Crippen molar-refractivity contribution in [3.63, 3.8) is 0 Å². The minimum Gasteiger partial charge on any atom is -0.462 e. The lowest BCUT2D eigenvalue weighted by atomic mass is 9.95. The summed E-state index contributed by atoms with van der Waals surface area (Å²) in [5.41, 5.74) is 5.66. The molecule has 1 aliphatic heterocycles. The Bertz CT molecular complexity index is 502. The minimum atomic E-state index is -0.731. The van der Waals surface area contributed by atoms with E-state index in [9.17, 15) is 9.90 Å². The van der Waals surface area contributed by atoms with E-state index in [2.05, 4.69) is 4.98 Å². The highest BCUT2D eigenvalue weighted by atomic mass is 16.5. The summed E-state index contributed by atoms with van der Waals surface area (Å²) in [6.07, 6.45) is 3.11. The van der Waals surface area contributed by atoms with Crippen LogP contribution in [0.2, 0.25) is 0 Å². The highest BCUT2D eigenvalue weighted by molar-refractivity contribution is 5.95. The molecule has 2 heterocycles. The summed E-state index contributed by atoms with van der Waals surface area (Å²) >= 11 is 0. The van der Waals surface area contributed by atoms with Crippen molar-refractivity contribution in [3.8, 4) is 0 Å². The van der Waals surface area contributed by atoms with Gasteiger partial charge in [-0.2, -0.15) is 0 Å². The molecule has 6 nitrogen and oxygen atoms in total. The summed E-state index contributed by atoms with van der Waals surface area (Å²) < 4.78 is 4.98. The summed E-state index contributed by atoms with van der Waals surface area (Å²) in [5, 5.41) is 10.1. The van der Waals surface area contributed by atoms with E-state index in [1.54, 1.807) is 13.0 Å². The predicted molar refractivity (Wildman–Crippen MR) is 76.7 cm³/mol. The first kappa shape index (κ1) is 14.6. The Morgan fingerprint density at radius 3 is 3.05 bits per heavy atom. The second-order valence-corrected chi connectivity index (χ2v) is 5.37. The first-order valence-corrected chi connectivity index (χ1v) is 6.83. The fraction of sp³-hybridized carbons (Fsp3) is 0.571. The number of hydrogen-bond donors (Lipinski definition) is 2. The summed E-state index contributed by atoms with van der Waals surface area (Å²) in [4.78, 5) is 18.0.